The summed E-state index contributed by atoms with van der Waals surface area (Å²) in [5.74, 6) is 1.40. The third-order valence-corrected chi connectivity index (χ3v) is 6.29. The van der Waals surface area contributed by atoms with E-state index in [1.54, 1.807) is 11.8 Å². The van der Waals surface area contributed by atoms with Crippen LogP contribution in [0, 0.1) is 0 Å². The number of carbonyl (C=O) groups is 1. The van der Waals surface area contributed by atoms with Gasteiger partial charge < -0.3 is 24.2 Å². The molecule has 1 aromatic carbocycles. The van der Waals surface area contributed by atoms with E-state index in [0.717, 1.165) is 46.5 Å². The number of fused-ring (bicyclic) bond motifs is 1. The summed E-state index contributed by atoms with van der Waals surface area (Å²) in [5.41, 5.74) is 2.26. The minimum atomic E-state index is -0.884. The summed E-state index contributed by atoms with van der Waals surface area (Å²) >= 11 is 1.58. The summed E-state index contributed by atoms with van der Waals surface area (Å²) in [5, 5.41) is 10.7. The van der Waals surface area contributed by atoms with Crippen LogP contribution in [0.3, 0.4) is 0 Å². The Kier molecular flexibility index (Phi) is 6.03. The maximum Gasteiger partial charge on any atom is 0.338 e. The Balaban J connectivity index is 1.71. The number of carboxylic acid groups (broad SMARTS) is 1. The van der Waals surface area contributed by atoms with Gasteiger partial charge in [0.1, 0.15) is 6.17 Å². The summed E-state index contributed by atoms with van der Waals surface area (Å²) in [6.07, 6.45) is 2.06. The van der Waals surface area contributed by atoms with E-state index in [-0.39, 0.29) is 13.0 Å². The highest BCUT2D eigenvalue weighted by atomic mass is 32.2. The molecule has 0 aliphatic carbocycles. The van der Waals surface area contributed by atoms with Crippen LogP contribution in [0.1, 0.15) is 19.4 Å². The second kappa shape index (κ2) is 8.69. The average molecular weight is 419 g/mol. The van der Waals surface area contributed by atoms with Gasteiger partial charge in [-0.25, -0.2) is 4.79 Å². The number of thioether (sulfide) groups is 1. The molecule has 3 aliphatic rings. The Morgan fingerprint density at radius 3 is 2.72 bits per heavy atom. The van der Waals surface area contributed by atoms with Crippen molar-refractivity contribution in [3.05, 3.63) is 46.0 Å². The lowest BCUT2D eigenvalue weighted by atomic mass is 10.0. The zero-order valence-electron chi connectivity index (χ0n) is 16.7. The molecule has 1 aromatic rings. The summed E-state index contributed by atoms with van der Waals surface area (Å²) in [6, 6.07) is 5.92. The second-order valence-electron chi connectivity index (χ2n) is 7.15. The Labute approximate surface area is 174 Å². The van der Waals surface area contributed by atoms with Gasteiger partial charge in [0.05, 0.1) is 23.8 Å². The van der Waals surface area contributed by atoms with Crippen molar-refractivity contribution in [1.29, 1.82) is 0 Å². The molecule has 0 bridgehead atoms. The van der Waals surface area contributed by atoms with Gasteiger partial charge >= 0.3 is 5.97 Å². The van der Waals surface area contributed by atoms with Crippen LogP contribution in [0.2, 0.25) is 0 Å². The number of hydrogen-bond donors (Lipinski definition) is 1. The van der Waals surface area contributed by atoms with Crippen LogP contribution in [-0.4, -0.2) is 65.9 Å². The highest BCUT2D eigenvalue weighted by Gasteiger charge is 2.34. The molecule has 156 valence electrons. The van der Waals surface area contributed by atoms with E-state index >= 15 is 0 Å². The number of aliphatic carboxylic acids is 1. The fraction of sp³-hybridized carbons (Fsp3) is 0.476. The topological polar surface area (TPSA) is 71.5 Å². The first-order valence-electron chi connectivity index (χ1n) is 9.84. The fourth-order valence-electron chi connectivity index (χ4n) is 3.93. The molecule has 0 saturated carbocycles. The summed E-state index contributed by atoms with van der Waals surface area (Å²) in [6.45, 7) is 7.78. The second-order valence-corrected chi connectivity index (χ2v) is 8.40. The van der Waals surface area contributed by atoms with Gasteiger partial charge in [0, 0.05) is 19.6 Å². The molecule has 0 aromatic heterocycles. The molecule has 1 saturated heterocycles. The molecule has 0 amide bonds. The van der Waals surface area contributed by atoms with Crippen molar-refractivity contribution in [3.8, 4) is 11.5 Å². The molecule has 1 atom stereocenters. The molecule has 1 N–H and O–H groups in total. The highest BCUT2D eigenvalue weighted by Crippen LogP contribution is 2.38. The number of nitrogens with zero attached hydrogens (tertiary/aromatic N) is 2. The fourth-order valence-corrected chi connectivity index (χ4v) is 4.93. The third kappa shape index (κ3) is 4.10. The average Bonchev–Trinajstić information content (AvgIpc) is 3.18. The lowest BCUT2D eigenvalue weighted by Crippen LogP contribution is -2.52. The van der Waals surface area contributed by atoms with Crippen LogP contribution in [0.4, 0.5) is 0 Å². The minimum absolute atomic E-state index is 0.0125. The molecular weight excluding hydrogens is 392 g/mol. The Bertz CT molecular complexity index is 847. The zero-order valence-corrected chi connectivity index (χ0v) is 17.5. The van der Waals surface area contributed by atoms with Crippen molar-refractivity contribution in [2.24, 2.45) is 0 Å². The van der Waals surface area contributed by atoms with Crippen LogP contribution < -0.4 is 9.47 Å². The lowest BCUT2D eigenvalue weighted by Gasteiger charge is -2.44. The molecule has 7 nitrogen and oxygen atoms in total. The number of carboxylic acids is 1. The van der Waals surface area contributed by atoms with Crippen LogP contribution in [0.5, 0.6) is 11.5 Å². The number of hydrogen-bond acceptors (Lipinski definition) is 7. The van der Waals surface area contributed by atoms with Crippen molar-refractivity contribution in [2.45, 2.75) is 26.6 Å². The lowest BCUT2D eigenvalue weighted by molar-refractivity contribution is -0.132. The number of morpholine rings is 1. The quantitative estimate of drug-likeness (QED) is 0.756. The monoisotopic (exact) mass is 418 g/mol. The van der Waals surface area contributed by atoms with E-state index in [9.17, 15) is 9.90 Å². The molecular formula is C21H26N2O5S. The number of ether oxygens (including phenoxy) is 3. The molecule has 3 heterocycles. The van der Waals surface area contributed by atoms with Crippen molar-refractivity contribution in [2.75, 3.05) is 38.8 Å². The molecule has 1 fully saturated rings. The van der Waals surface area contributed by atoms with Crippen LogP contribution in [0.15, 0.2) is 40.5 Å². The maximum absolute atomic E-state index is 12.1. The summed E-state index contributed by atoms with van der Waals surface area (Å²) in [4.78, 5) is 16.6. The van der Waals surface area contributed by atoms with Gasteiger partial charge in [0.2, 0.25) is 6.79 Å². The van der Waals surface area contributed by atoms with Crippen molar-refractivity contribution < 1.29 is 24.1 Å². The molecule has 3 aliphatic heterocycles. The van der Waals surface area contributed by atoms with Crippen molar-refractivity contribution >= 4 is 17.7 Å². The smallest absolute Gasteiger partial charge is 0.338 e. The Morgan fingerprint density at radius 2 is 2.00 bits per heavy atom. The minimum Gasteiger partial charge on any atom is -0.478 e. The van der Waals surface area contributed by atoms with Crippen molar-refractivity contribution in [1.82, 2.24) is 9.80 Å². The first-order chi connectivity index (χ1) is 14.1. The molecule has 8 heteroatoms. The SMILES string of the molecule is CCSC1=C(C(=O)O)C(C)=CC(N2CCOCC2)N1Cc1ccc2c(c1)OCO2. The summed E-state index contributed by atoms with van der Waals surface area (Å²) in [7, 11) is 0. The molecule has 0 radical (unpaired) electrons. The Morgan fingerprint density at radius 1 is 1.24 bits per heavy atom. The van der Waals surface area contributed by atoms with Crippen LogP contribution in [-0.2, 0) is 16.1 Å². The summed E-state index contributed by atoms with van der Waals surface area (Å²) < 4.78 is 16.5. The maximum atomic E-state index is 12.1. The van der Waals surface area contributed by atoms with Gasteiger partial charge in [0.15, 0.2) is 11.5 Å². The van der Waals surface area contributed by atoms with E-state index in [4.69, 9.17) is 14.2 Å². The molecule has 0 spiro atoms. The van der Waals surface area contributed by atoms with Gasteiger partial charge in [0.25, 0.3) is 0 Å². The first kappa shape index (κ1) is 20.1. The van der Waals surface area contributed by atoms with Crippen LogP contribution in [0.25, 0.3) is 0 Å². The van der Waals surface area contributed by atoms with Crippen LogP contribution >= 0.6 is 11.8 Å². The standard InChI is InChI=1S/C21H26N2O5S/c1-3-29-20-19(21(24)25)14(2)10-18(22-6-8-26-9-7-22)23(20)12-15-4-5-16-17(11-15)28-13-27-16/h4-5,10-11,18H,3,6-9,12-13H2,1-2H3,(H,24,25). The molecule has 29 heavy (non-hydrogen) atoms. The number of benzene rings is 1. The number of rotatable bonds is 6. The largest absolute Gasteiger partial charge is 0.478 e. The normalized spacial score (nSPS) is 22.1. The van der Waals surface area contributed by atoms with Gasteiger partial charge in [-0.2, -0.15) is 0 Å². The van der Waals surface area contributed by atoms with E-state index in [1.165, 1.54) is 0 Å². The van der Waals surface area contributed by atoms with E-state index in [0.29, 0.717) is 25.3 Å². The van der Waals surface area contributed by atoms with Gasteiger partial charge in [-0.15, -0.1) is 11.8 Å². The highest BCUT2D eigenvalue weighted by molar-refractivity contribution is 8.03. The van der Waals surface area contributed by atoms with E-state index in [2.05, 4.69) is 15.9 Å². The first-order valence-corrected chi connectivity index (χ1v) is 10.8. The van der Waals surface area contributed by atoms with E-state index < -0.39 is 5.97 Å². The van der Waals surface area contributed by atoms with Gasteiger partial charge in [-0.3, -0.25) is 4.90 Å². The van der Waals surface area contributed by atoms with E-state index in [1.807, 2.05) is 32.0 Å². The third-order valence-electron chi connectivity index (χ3n) is 5.29. The van der Waals surface area contributed by atoms with Gasteiger partial charge in [-0.1, -0.05) is 13.0 Å². The molecule has 1 unspecified atom stereocenters. The van der Waals surface area contributed by atoms with Gasteiger partial charge in [-0.05, 0) is 42.0 Å². The molecule has 4 rings (SSSR count). The van der Waals surface area contributed by atoms with Crippen molar-refractivity contribution in [3.63, 3.8) is 0 Å². The Hall–Kier alpha value is -2.16. The predicted octanol–water partition coefficient (Wildman–Crippen LogP) is 2.88. The predicted molar refractivity (Wildman–Crippen MR) is 111 cm³/mol. The zero-order chi connectivity index (χ0) is 20.4.